The lowest BCUT2D eigenvalue weighted by Gasteiger charge is -2.10. The molecule has 0 spiro atoms. The zero-order valence-electron chi connectivity index (χ0n) is 15.5. The van der Waals surface area contributed by atoms with Crippen LogP contribution < -0.4 is 10.6 Å². The van der Waals surface area contributed by atoms with Crippen molar-refractivity contribution >= 4 is 34.5 Å². The first-order valence-corrected chi connectivity index (χ1v) is 9.68. The predicted molar refractivity (Wildman–Crippen MR) is 109 cm³/mol. The van der Waals surface area contributed by atoms with Crippen LogP contribution >= 0.6 is 11.3 Å². The first-order valence-electron chi connectivity index (χ1n) is 8.80. The Labute approximate surface area is 174 Å². The molecule has 3 rings (SSSR count). The van der Waals surface area contributed by atoms with Gasteiger partial charge in [0.15, 0.2) is 0 Å². The van der Waals surface area contributed by atoms with Gasteiger partial charge >= 0.3 is 6.18 Å². The molecule has 0 fully saturated rings. The van der Waals surface area contributed by atoms with Crippen molar-refractivity contribution in [3.63, 3.8) is 0 Å². The highest BCUT2D eigenvalue weighted by Gasteiger charge is 2.27. The molecule has 156 valence electrons. The second kappa shape index (κ2) is 9.55. The van der Waals surface area contributed by atoms with Crippen molar-refractivity contribution in [3.05, 3.63) is 82.0 Å². The van der Waals surface area contributed by atoms with Gasteiger partial charge in [0.25, 0.3) is 11.8 Å². The standard InChI is InChI=1S/C21H17F3N2O3S/c22-21(23,24)13-29-12-14-6-8-15(9-7-14)19(27)25-16-3-1-4-17(11-16)26-20(28)18-5-2-10-30-18/h1-11H,12-13H2,(H,25,27)(H,26,28). The summed E-state index contributed by atoms with van der Waals surface area (Å²) in [6.07, 6.45) is -4.38. The molecule has 0 radical (unpaired) electrons. The first-order chi connectivity index (χ1) is 14.3. The molecule has 5 nitrogen and oxygen atoms in total. The maximum atomic E-state index is 12.4. The molecule has 0 bridgehead atoms. The van der Waals surface area contributed by atoms with Crippen molar-refractivity contribution in [3.8, 4) is 0 Å². The van der Waals surface area contributed by atoms with Gasteiger partial charge in [-0.05, 0) is 47.3 Å². The van der Waals surface area contributed by atoms with Gasteiger partial charge in [-0.15, -0.1) is 11.3 Å². The minimum atomic E-state index is -4.38. The van der Waals surface area contributed by atoms with Crippen LogP contribution in [0.15, 0.2) is 66.0 Å². The molecular formula is C21H17F3N2O3S. The van der Waals surface area contributed by atoms with Gasteiger partial charge in [-0.25, -0.2) is 0 Å². The minimum Gasteiger partial charge on any atom is -0.367 e. The Morgan fingerprint density at radius 1 is 0.900 bits per heavy atom. The third-order valence-electron chi connectivity index (χ3n) is 3.87. The summed E-state index contributed by atoms with van der Waals surface area (Å²) in [5, 5.41) is 7.29. The Hall–Kier alpha value is -3.17. The number of carbonyl (C=O) groups excluding carboxylic acids is 2. The van der Waals surface area contributed by atoms with Crippen LogP contribution in [0.25, 0.3) is 0 Å². The second-order valence-electron chi connectivity index (χ2n) is 6.27. The van der Waals surface area contributed by atoms with Crippen LogP contribution in [-0.4, -0.2) is 24.6 Å². The maximum Gasteiger partial charge on any atom is 0.411 e. The smallest absolute Gasteiger partial charge is 0.367 e. The van der Waals surface area contributed by atoms with E-state index in [0.29, 0.717) is 27.4 Å². The van der Waals surface area contributed by atoms with Crippen LogP contribution in [0.2, 0.25) is 0 Å². The zero-order valence-corrected chi connectivity index (χ0v) is 16.3. The average molecular weight is 434 g/mol. The normalized spacial score (nSPS) is 11.2. The minimum absolute atomic E-state index is 0.201. The molecule has 0 unspecified atom stereocenters. The Kier molecular flexibility index (Phi) is 6.86. The largest absolute Gasteiger partial charge is 0.411 e. The van der Waals surface area contributed by atoms with Gasteiger partial charge in [0.05, 0.1) is 11.5 Å². The van der Waals surface area contributed by atoms with Crippen LogP contribution in [0.1, 0.15) is 25.6 Å². The number of benzene rings is 2. The molecule has 1 aromatic heterocycles. The Bertz CT molecular complexity index is 1000. The molecule has 0 aliphatic rings. The second-order valence-corrected chi connectivity index (χ2v) is 7.22. The molecule has 3 aromatic rings. The fourth-order valence-electron chi connectivity index (χ4n) is 2.52. The summed E-state index contributed by atoms with van der Waals surface area (Å²) in [5.74, 6) is -0.628. The summed E-state index contributed by atoms with van der Waals surface area (Å²) in [7, 11) is 0. The molecule has 1 heterocycles. The lowest BCUT2D eigenvalue weighted by atomic mass is 10.1. The monoisotopic (exact) mass is 434 g/mol. The number of rotatable bonds is 7. The highest BCUT2D eigenvalue weighted by atomic mass is 32.1. The van der Waals surface area contributed by atoms with Gasteiger partial charge in [0.2, 0.25) is 0 Å². The first kappa shape index (κ1) is 21.5. The lowest BCUT2D eigenvalue weighted by molar-refractivity contribution is -0.176. The van der Waals surface area contributed by atoms with E-state index in [9.17, 15) is 22.8 Å². The van der Waals surface area contributed by atoms with Crippen molar-refractivity contribution in [2.75, 3.05) is 17.2 Å². The van der Waals surface area contributed by atoms with Gasteiger partial charge in [0, 0.05) is 16.9 Å². The van der Waals surface area contributed by atoms with Crippen LogP contribution in [0, 0.1) is 0 Å². The average Bonchev–Trinajstić information content (AvgIpc) is 3.23. The lowest BCUT2D eigenvalue weighted by Crippen LogP contribution is -2.16. The topological polar surface area (TPSA) is 67.4 Å². The highest BCUT2D eigenvalue weighted by molar-refractivity contribution is 7.12. The summed E-state index contributed by atoms with van der Waals surface area (Å²) in [6, 6.07) is 16.3. The zero-order chi connectivity index (χ0) is 21.6. The number of nitrogens with one attached hydrogen (secondary N) is 2. The summed E-state index contributed by atoms with van der Waals surface area (Å²) in [6.45, 7) is -1.53. The number of carbonyl (C=O) groups is 2. The number of ether oxygens (including phenoxy) is 1. The molecular weight excluding hydrogens is 417 g/mol. The molecule has 0 saturated carbocycles. The van der Waals surface area contributed by atoms with E-state index in [-0.39, 0.29) is 18.4 Å². The molecule has 0 aliphatic carbocycles. The SMILES string of the molecule is O=C(Nc1cccc(NC(=O)c2cccs2)c1)c1ccc(COCC(F)(F)F)cc1. The molecule has 2 amide bonds. The molecule has 9 heteroatoms. The summed E-state index contributed by atoms with van der Waals surface area (Å²) in [5.41, 5.74) is 1.88. The van der Waals surface area contributed by atoms with E-state index in [4.69, 9.17) is 0 Å². The molecule has 0 aliphatic heterocycles. The fourth-order valence-corrected chi connectivity index (χ4v) is 3.13. The van der Waals surface area contributed by atoms with Gasteiger partial charge in [-0.1, -0.05) is 24.3 Å². The molecule has 30 heavy (non-hydrogen) atoms. The van der Waals surface area contributed by atoms with E-state index in [1.165, 1.54) is 35.6 Å². The van der Waals surface area contributed by atoms with E-state index in [1.54, 1.807) is 41.8 Å². The maximum absolute atomic E-state index is 12.4. The van der Waals surface area contributed by atoms with Crippen molar-refractivity contribution in [2.45, 2.75) is 12.8 Å². The van der Waals surface area contributed by atoms with Gasteiger partial charge < -0.3 is 15.4 Å². The van der Waals surface area contributed by atoms with Crippen LogP contribution in [-0.2, 0) is 11.3 Å². The highest BCUT2D eigenvalue weighted by Crippen LogP contribution is 2.19. The third-order valence-corrected chi connectivity index (χ3v) is 4.74. The van der Waals surface area contributed by atoms with E-state index >= 15 is 0 Å². The van der Waals surface area contributed by atoms with Crippen molar-refractivity contribution in [1.82, 2.24) is 0 Å². The van der Waals surface area contributed by atoms with Crippen LogP contribution in [0.5, 0.6) is 0 Å². The number of thiophene rings is 1. The van der Waals surface area contributed by atoms with Crippen molar-refractivity contribution in [1.29, 1.82) is 0 Å². The summed E-state index contributed by atoms with van der Waals surface area (Å²) < 4.78 is 40.9. The van der Waals surface area contributed by atoms with Crippen molar-refractivity contribution in [2.24, 2.45) is 0 Å². The third kappa shape index (κ3) is 6.43. The van der Waals surface area contributed by atoms with Gasteiger partial charge in [0.1, 0.15) is 6.61 Å². The van der Waals surface area contributed by atoms with Crippen LogP contribution in [0.4, 0.5) is 24.5 Å². The molecule has 2 N–H and O–H groups in total. The summed E-state index contributed by atoms with van der Waals surface area (Å²) >= 11 is 1.32. The van der Waals surface area contributed by atoms with Crippen molar-refractivity contribution < 1.29 is 27.5 Å². The Morgan fingerprint density at radius 2 is 1.57 bits per heavy atom. The Morgan fingerprint density at radius 3 is 2.17 bits per heavy atom. The number of anilines is 2. The van der Waals surface area contributed by atoms with Gasteiger partial charge in [-0.2, -0.15) is 13.2 Å². The Balaban J connectivity index is 1.57. The predicted octanol–water partition coefficient (Wildman–Crippen LogP) is 5.33. The van der Waals surface area contributed by atoms with E-state index < -0.39 is 12.8 Å². The number of halogens is 3. The fraction of sp³-hybridized carbons (Fsp3) is 0.143. The van der Waals surface area contributed by atoms with E-state index in [2.05, 4.69) is 15.4 Å². The summed E-state index contributed by atoms with van der Waals surface area (Å²) in [4.78, 5) is 25.1. The van der Waals surface area contributed by atoms with E-state index in [0.717, 1.165) is 0 Å². The number of hydrogen-bond donors (Lipinski definition) is 2. The van der Waals surface area contributed by atoms with E-state index in [1.807, 2.05) is 0 Å². The quantitative estimate of drug-likeness (QED) is 0.528. The molecule has 0 saturated heterocycles. The van der Waals surface area contributed by atoms with Crippen LogP contribution in [0.3, 0.4) is 0 Å². The molecule has 2 aromatic carbocycles. The molecule has 0 atom stereocenters. The van der Waals surface area contributed by atoms with Gasteiger partial charge in [-0.3, -0.25) is 9.59 Å². The number of alkyl halides is 3. The number of hydrogen-bond acceptors (Lipinski definition) is 4. The number of amides is 2.